The number of ether oxygens (including phenoxy) is 1. The van der Waals surface area contributed by atoms with Crippen LogP contribution in [-0.4, -0.2) is 15.3 Å². The molecule has 0 fully saturated rings. The minimum absolute atomic E-state index is 0.00613. The summed E-state index contributed by atoms with van der Waals surface area (Å²) in [6, 6.07) is 23.6. The predicted octanol–water partition coefficient (Wildman–Crippen LogP) is 4.02. The molecule has 7 heteroatoms. The quantitative estimate of drug-likeness (QED) is 0.364. The molecule has 0 saturated heterocycles. The monoisotopic (exact) mass is 436 g/mol. The normalized spacial score (nSPS) is 11.1. The third-order valence-electron chi connectivity index (χ3n) is 4.89. The number of hydrogen-bond donors (Lipinski definition) is 1. The highest BCUT2D eigenvalue weighted by Gasteiger charge is 2.17. The molecule has 0 saturated carbocycles. The largest absolute Gasteiger partial charge is 0.438 e. The van der Waals surface area contributed by atoms with Gasteiger partial charge < -0.3 is 10.1 Å². The van der Waals surface area contributed by atoms with Gasteiger partial charge in [-0.2, -0.15) is 10.2 Å². The summed E-state index contributed by atoms with van der Waals surface area (Å²) in [6.45, 7) is 2.17. The first-order valence-electron chi connectivity index (χ1n) is 10.2. The molecule has 0 aliphatic heterocycles. The Hall–Kier alpha value is -4.70. The fourth-order valence-corrected chi connectivity index (χ4v) is 3.24. The van der Waals surface area contributed by atoms with Crippen LogP contribution >= 0.6 is 0 Å². The van der Waals surface area contributed by atoms with E-state index in [1.165, 1.54) is 10.5 Å². The van der Waals surface area contributed by atoms with Gasteiger partial charge in [0, 0.05) is 12.7 Å². The molecule has 2 heterocycles. The molecule has 162 valence electrons. The molecule has 33 heavy (non-hydrogen) atoms. The first-order chi connectivity index (χ1) is 16.0. The lowest BCUT2D eigenvalue weighted by Gasteiger charge is -2.11. The van der Waals surface area contributed by atoms with Crippen molar-refractivity contribution in [3.8, 4) is 17.7 Å². The first kappa shape index (κ1) is 21.5. The van der Waals surface area contributed by atoms with Crippen molar-refractivity contribution in [3.05, 3.63) is 112 Å². The van der Waals surface area contributed by atoms with E-state index in [1.54, 1.807) is 36.5 Å². The van der Waals surface area contributed by atoms with E-state index in [2.05, 4.69) is 10.3 Å². The van der Waals surface area contributed by atoms with Crippen LogP contribution in [0.25, 0.3) is 11.7 Å². The van der Waals surface area contributed by atoms with Gasteiger partial charge in [-0.25, -0.2) is 0 Å². The zero-order chi connectivity index (χ0) is 23.2. The van der Waals surface area contributed by atoms with Crippen molar-refractivity contribution in [1.82, 2.24) is 14.7 Å². The molecule has 2 aromatic heterocycles. The number of carbonyl (C=O) groups excluding carboxylic acids is 1. The van der Waals surface area contributed by atoms with Gasteiger partial charge in [-0.3, -0.25) is 14.0 Å². The summed E-state index contributed by atoms with van der Waals surface area (Å²) in [7, 11) is 0. The van der Waals surface area contributed by atoms with Crippen molar-refractivity contribution in [2.45, 2.75) is 13.5 Å². The number of rotatable bonds is 6. The standard InChI is InChI=1S/C26H20N4O3/c1-18-8-7-11-21(14-18)33-25-22(26(32)30-13-6-5-12-23(30)29-25)15-20(16-27)24(31)28-17-19-9-3-2-4-10-19/h2-15H,17H2,1H3,(H,28,31)/b20-15+. The number of carbonyl (C=O) groups is 1. The fraction of sp³-hybridized carbons (Fsp3) is 0.0769. The molecule has 0 aliphatic carbocycles. The molecule has 0 bridgehead atoms. The Kier molecular flexibility index (Phi) is 6.28. The second-order valence-electron chi connectivity index (χ2n) is 7.32. The second kappa shape index (κ2) is 9.62. The summed E-state index contributed by atoms with van der Waals surface area (Å²) in [6.07, 6.45) is 2.79. The summed E-state index contributed by atoms with van der Waals surface area (Å²) < 4.78 is 7.26. The maximum atomic E-state index is 13.2. The smallest absolute Gasteiger partial charge is 0.269 e. The summed E-state index contributed by atoms with van der Waals surface area (Å²) >= 11 is 0. The topological polar surface area (TPSA) is 96.5 Å². The van der Waals surface area contributed by atoms with Crippen LogP contribution in [0.2, 0.25) is 0 Å². The van der Waals surface area contributed by atoms with E-state index in [-0.39, 0.29) is 23.6 Å². The predicted molar refractivity (Wildman–Crippen MR) is 125 cm³/mol. The zero-order valence-electron chi connectivity index (χ0n) is 17.9. The van der Waals surface area contributed by atoms with Crippen LogP contribution in [0, 0.1) is 18.3 Å². The Labute approximate surface area is 190 Å². The molecule has 0 atom stereocenters. The van der Waals surface area contributed by atoms with Crippen molar-refractivity contribution in [1.29, 1.82) is 5.26 Å². The number of hydrogen-bond acceptors (Lipinski definition) is 5. The molecule has 0 unspecified atom stereocenters. The number of aryl methyl sites for hydroxylation is 1. The first-order valence-corrected chi connectivity index (χ1v) is 10.2. The molecule has 1 amide bonds. The zero-order valence-corrected chi connectivity index (χ0v) is 17.9. The molecule has 1 N–H and O–H groups in total. The van der Waals surface area contributed by atoms with Gasteiger partial charge in [0.1, 0.15) is 28.6 Å². The Balaban J connectivity index is 1.74. The number of nitrogens with one attached hydrogen (secondary N) is 1. The summed E-state index contributed by atoms with van der Waals surface area (Å²) in [4.78, 5) is 30.3. The van der Waals surface area contributed by atoms with Crippen LogP contribution in [-0.2, 0) is 11.3 Å². The number of nitriles is 1. The molecule has 0 aliphatic rings. The van der Waals surface area contributed by atoms with E-state index in [0.717, 1.165) is 11.1 Å². The highest BCUT2D eigenvalue weighted by Crippen LogP contribution is 2.24. The number of fused-ring (bicyclic) bond motifs is 1. The van der Waals surface area contributed by atoms with E-state index in [4.69, 9.17) is 4.74 Å². The van der Waals surface area contributed by atoms with Crippen LogP contribution in [0.5, 0.6) is 11.6 Å². The minimum atomic E-state index is -0.597. The van der Waals surface area contributed by atoms with E-state index >= 15 is 0 Å². The van der Waals surface area contributed by atoms with Crippen molar-refractivity contribution in [2.24, 2.45) is 0 Å². The third kappa shape index (κ3) is 4.97. The van der Waals surface area contributed by atoms with E-state index < -0.39 is 11.5 Å². The van der Waals surface area contributed by atoms with Crippen molar-refractivity contribution in [3.63, 3.8) is 0 Å². The van der Waals surface area contributed by atoms with Crippen molar-refractivity contribution < 1.29 is 9.53 Å². The highest BCUT2D eigenvalue weighted by molar-refractivity contribution is 6.01. The second-order valence-corrected chi connectivity index (χ2v) is 7.32. The number of nitrogens with zero attached hydrogens (tertiary/aromatic N) is 3. The van der Waals surface area contributed by atoms with Gasteiger partial charge >= 0.3 is 0 Å². The fourth-order valence-electron chi connectivity index (χ4n) is 3.24. The number of pyridine rings is 1. The molecule has 2 aromatic carbocycles. The SMILES string of the molecule is Cc1cccc(Oc2nc3ccccn3c(=O)c2/C=C(\C#N)C(=O)NCc2ccccc2)c1. The van der Waals surface area contributed by atoms with Crippen LogP contribution in [0.1, 0.15) is 16.7 Å². The van der Waals surface area contributed by atoms with E-state index in [0.29, 0.717) is 11.4 Å². The maximum Gasteiger partial charge on any atom is 0.269 e. The average molecular weight is 436 g/mol. The highest BCUT2D eigenvalue weighted by atomic mass is 16.5. The van der Waals surface area contributed by atoms with Crippen LogP contribution in [0.15, 0.2) is 89.4 Å². The van der Waals surface area contributed by atoms with Gasteiger partial charge in [0.15, 0.2) is 0 Å². The molecular weight excluding hydrogens is 416 g/mol. The van der Waals surface area contributed by atoms with Gasteiger partial charge in [-0.15, -0.1) is 0 Å². The molecule has 0 spiro atoms. The van der Waals surface area contributed by atoms with Gasteiger partial charge in [0.05, 0.1) is 0 Å². The summed E-state index contributed by atoms with van der Waals surface area (Å²) in [5, 5.41) is 12.3. The van der Waals surface area contributed by atoms with Gasteiger partial charge in [-0.1, -0.05) is 48.5 Å². The lowest BCUT2D eigenvalue weighted by atomic mass is 10.1. The lowest BCUT2D eigenvalue weighted by molar-refractivity contribution is -0.117. The lowest BCUT2D eigenvalue weighted by Crippen LogP contribution is -2.25. The van der Waals surface area contributed by atoms with Gasteiger partial charge in [0.25, 0.3) is 11.5 Å². The van der Waals surface area contributed by atoms with Crippen LogP contribution in [0.4, 0.5) is 0 Å². The van der Waals surface area contributed by atoms with Crippen molar-refractivity contribution in [2.75, 3.05) is 0 Å². The van der Waals surface area contributed by atoms with E-state index in [1.807, 2.05) is 55.5 Å². The third-order valence-corrected chi connectivity index (χ3v) is 4.89. The Bertz CT molecular complexity index is 1450. The Morgan fingerprint density at radius 1 is 1.12 bits per heavy atom. The van der Waals surface area contributed by atoms with Crippen LogP contribution in [0.3, 0.4) is 0 Å². The van der Waals surface area contributed by atoms with Crippen molar-refractivity contribution >= 4 is 17.6 Å². The number of benzene rings is 2. The van der Waals surface area contributed by atoms with Crippen LogP contribution < -0.4 is 15.6 Å². The number of amides is 1. The van der Waals surface area contributed by atoms with Gasteiger partial charge in [0.2, 0.25) is 5.88 Å². The summed E-state index contributed by atoms with van der Waals surface area (Å²) in [5.74, 6) is -0.0929. The Morgan fingerprint density at radius 2 is 1.91 bits per heavy atom. The molecular formula is C26H20N4O3. The minimum Gasteiger partial charge on any atom is -0.438 e. The van der Waals surface area contributed by atoms with Gasteiger partial charge in [-0.05, 0) is 48.4 Å². The average Bonchev–Trinajstić information content (AvgIpc) is 2.83. The molecule has 0 radical (unpaired) electrons. The van der Waals surface area contributed by atoms with E-state index in [9.17, 15) is 14.9 Å². The molecule has 7 nitrogen and oxygen atoms in total. The maximum absolute atomic E-state index is 13.2. The number of aromatic nitrogens is 2. The summed E-state index contributed by atoms with van der Waals surface area (Å²) in [5.41, 5.74) is 1.57. The Morgan fingerprint density at radius 3 is 2.67 bits per heavy atom. The molecule has 4 aromatic rings. The molecule has 4 rings (SSSR count).